The summed E-state index contributed by atoms with van der Waals surface area (Å²) in [7, 11) is 0. The average molecular weight is 406 g/mol. The Balaban J connectivity index is 1.72. The number of imide groups is 3. The van der Waals surface area contributed by atoms with Gasteiger partial charge in [-0.15, -0.1) is 0 Å². The largest absolute Gasteiger partial charge is 0.294 e. The van der Waals surface area contributed by atoms with Gasteiger partial charge in [0, 0.05) is 19.4 Å². The molecule has 2 aliphatic heterocycles. The van der Waals surface area contributed by atoms with Crippen molar-refractivity contribution in [3.8, 4) is 0 Å². The van der Waals surface area contributed by atoms with Crippen LogP contribution in [0.5, 0.6) is 0 Å². The Morgan fingerprint density at radius 2 is 1.57 bits per heavy atom. The quantitative estimate of drug-likeness (QED) is 0.686. The van der Waals surface area contributed by atoms with Crippen LogP contribution in [0.2, 0.25) is 0 Å². The first kappa shape index (κ1) is 20.4. The van der Waals surface area contributed by atoms with Crippen LogP contribution in [-0.2, 0) is 25.8 Å². The summed E-state index contributed by atoms with van der Waals surface area (Å²) >= 11 is 0. The van der Waals surface area contributed by atoms with Crippen LogP contribution in [0.4, 0.5) is 0 Å². The summed E-state index contributed by atoms with van der Waals surface area (Å²) in [4.78, 5) is 45.3. The van der Waals surface area contributed by atoms with Crippen molar-refractivity contribution in [2.24, 2.45) is 5.92 Å². The van der Waals surface area contributed by atoms with Crippen LogP contribution in [0.3, 0.4) is 0 Å². The van der Waals surface area contributed by atoms with E-state index < -0.39 is 29.7 Å². The Kier molecular flexibility index (Phi) is 6.06. The van der Waals surface area contributed by atoms with Gasteiger partial charge in [0.05, 0.1) is 18.1 Å². The molecule has 3 atom stereocenters. The third-order valence-corrected chi connectivity index (χ3v) is 5.77. The van der Waals surface area contributed by atoms with E-state index in [1.54, 1.807) is 0 Å². The van der Waals surface area contributed by atoms with Crippen LogP contribution < -0.4 is 0 Å². The number of amides is 3. The summed E-state index contributed by atoms with van der Waals surface area (Å²) in [6.07, 6.45) is 1.30. The van der Waals surface area contributed by atoms with Gasteiger partial charge in [-0.3, -0.25) is 19.2 Å². The van der Waals surface area contributed by atoms with E-state index in [0.717, 1.165) is 22.4 Å². The van der Waals surface area contributed by atoms with Gasteiger partial charge < -0.3 is 0 Å². The van der Waals surface area contributed by atoms with Crippen molar-refractivity contribution in [1.29, 1.82) is 0 Å². The molecule has 2 aliphatic rings. The number of nitrogens with zero attached hydrogens (tertiary/aromatic N) is 2. The topological polar surface area (TPSA) is 66.9 Å². The molecule has 3 amide bonds. The molecule has 156 valence electrons. The van der Waals surface area contributed by atoms with Crippen LogP contribution >= 0.6 is 0 Å². The maximum atomic E-state index is 13.5. The summed E-state index contributed by atoms with van der Waals surface area (Å²) in [5.74, 6) is -1.88. The van der Waals surface area contributed by atoms with Crippen LogP contribution in [-0.4, -0.2) is 33.8 Å². The normalized spacial score (nSPS) is 24.6. The number of carbonyl (C=O) groups excluding carboxylic acids is 3. The minimum atomic E-state index is -0.623. The van der Waals surface area contributed by atoms with E-state index in [1.807, 2.05) is 72.7 Å². The summed E-state index contributed by atoms with van der Waals surface area (Å²) in [5, 5.41) is 1.85. The number of hydroxylamine groups is 2. The smallest absolute Gasteiger partial charge is 0.243 e. The van der Waals surface area contributed by atoms with Gasteiger partial charge in [0.15, 0.2) is 0 Å². The molecule has 4 rings (SSSR count). The Labute approximate surface area is 176 Å². The molecule has 0 spiro atoms. The molecular weight excluding hydrogens is 380 g/mol. The van der Waals surface area contributed by atoms with Crippen LogP contribution in [0.1, 0.15) is 49.8 Å². The maximum absolute atomic E-state index is 13.5. The number of benzene rings is 2. The SMILES string of the molecule is CCC[C@H]1ON(Cc2ccccc2)[C@@H](c2ccccc2)[C@H]1C(=O)N1C(=O)CCC1=O. The van der Waals surface area contributed by atoms with Crippen LogP contribution in [0.15, 0.2) is 60.7 Å². The monoisotopic (exact) mass is 406 g/mol. The highest BCUT2D eigenvalue weighted by Gasteiger charge is 2.51. The van der Waals surface area contributed by atoms with E-state index in [4.69, 9.17) is 4.84 Å². The summed E-state index contributed by atoms with van der Waals surface area (Å²) in [5.41, 5.74) is 2.00. The molecule has 6 heteroatoms. The van der Waals surface area contributed by atoms with E-state index in [0.29, 0.717) is 13.0 Å². The van der Waals surface area contributed by atoms with E-state index in [2.05, 4.69) is 0 Å². The van der Waals surface area contributed by atoms with Gasteiger partial charge in [0.2, 0.25) is 17.7 Å². The number of rotatable bonds is 6. The first-order valence-corrected chi connectivity index (χ1v) is 10.5. The van der Waals surface area contributed by atoms with Crippen LogP contribution in [0, 0.1) is 5.92 Å². The molecule has 0 aromatic heterocycles. The van der Waals surface area contributed by atoms with E-state index >= 15 is 0 Å². The van der Waals surface area contributed by atoms with Gasteiger partial charge in [-0.2, -0.15) is 5.06 Å². The van der Waals surface area contributed by atoms with E-state index in [-0.39, 0.29) is 18.9 Å². The molecule has 2 aromatic carbocycles. The third-order valence-electron chi connectivity index (χ3n) is 5.77. The standard InChI is InChI=1S/C24H26N2O4/c1-2-9-19-22(24(29)26-20(27)14-15-21(26)28)23(18-12-7-4-8-13-18)25(30-19)16-17-10-5-3-6-11-17/h3-8,10-13,19,22-23H,2,9,14-16H2,1H3/t19-,22+,23+/m1/s1. The maximum Gasteiger partial charge on any atom is 0.243 e. The average Bonchev–Trinajstić information content (AvgIpc) is 3.28. The lowest BCUT2D eigenvalue weighted by molar-refractivity contribution is -0.172. The van der Waals surface area contributed by atoms with E-state index in [9.17, 15) is 14.4 Å². The number of hydrogen-bond donors (Lipinski definition) is 0. The number of carbonyl (C=O) groups is 3. The Bertz CT molecular complexity index is 899. The van der Waals surface area contributed by atoms with Crippen molar-refractivity contribution in [2.75, 3.05) is 0 Å². The van der Waals surface area contributed by atoms with Crippen molar-refractivity contribution in [3.63, 3.8) is 0 Å². The molecule has 2 heterocycles. The molecule has 0 saturated carbocycles. The fraction of sp³-hybridized carbons (Fsp3) is 0.375. The highest BCUT2D eigenvalue weighted by Crippen LogP contribution is 2.43. The summed E-state index contributed by atoms with van der Waals surface area (Å²) in [6, 6.07) is 19.3. The minimum absolute atomic E-state index is 0.0975. The second kappa shape index (κ2) is 8.90. The molecule has 0 N–H and O–H groups in total. The molecule has 0 aliphatic carbocycles. The molecule has 2 fully saturated rings. The molecular formula is C24H26N2O4. The molecule has 0 radical (unpaired) electrons. The second-order valence-corrected chi connectivity index (χ2v) is 7.84. The lowest BCUT2D eigenvalue weighted by Gasteiger charge is -2.27. The fourth-order valence-corrected chi connectivity index (χ4v) is 4.39. The Morgan fingerprint density at radius 3 is 2.17 bits per heavy atom. The summed E-state index contributed by atoms with van der Waals surface area (Å²) < 4.78 is 0. The minimum Gasteiger partial charge on any atom is -0.294 e. The van der Waals surface area contributed by atoms with Crippen LogP contribution in [0.25, 0.3) is 0 Å². The van der Waals surface area contributed by atoms with Gasteiger partial charge in [-0.05, 0) is 17.5 Å². The highest BCUT2D eigenvalue weighted by atomic mass is 16.7. The van der Waals surface area contributed by atoms with Gasteiger partial charge >= 0.3 is 0 Å². The van der Waals surface area contributed by atoms with Gasteiger partial charge in [-0.25, -0.2) is 4.90 Å². The van der Waals surface area contributed by atoms with Crippen molar-refractivity contribution in [1.82, 2.24) is 9.96 Å². The zero-order valence-electron chi connectivity index (χ0n) is 17.1. The zero-order chi connectivity index (χ0) is 21.1. The predicted octanol–water partition coefficient (Wildman–Crippen LogP) is 3.64. The molecule has 0 unspecified atom stereocenters. The van der Waals surface area contributed by atoms with Crippen molar-refractivity contribution < 1.29 is 19.2 Å². The molecule has 2 aromatic rings. The zero-order valence-corrected chi connectivity index (χ0v) is 17.1. The van der Waals surface area contributed by atoms with Gasteiger partial charge in [0.1, 0.15) is 0 Å². The molecule has 2 saturated heterocycles. The highest BCUT2D eigenvalue weighted by molar-refractivity contribution is 6.15. The molecule has 0 bridgehead atoms. The first-order chi connectivity index (χ1) is 14.6. The van der Waals surface area contributed by atoms with E-state index in [1.165, 1.54) is 0 Å². The van der Waals surface area contributed by atoms with Crippen molar-refractivity contribution in [3.05, 3.63) is 71.8 Å². The molecule has 30 heavy (non-hydrogen) atoms. The number of hydrogen-bond acceptors (Lipinski definition) is 5. The fourth-order valence-electron chi connectivity index (χ4n) is 4.39. The summed E-state index contributed by atoms with van der Waals surface area (Å²) in [6.45, 7) is 2.54. The third kappa shape index (κ3) is 3.93. The first-order valence-electron chi connectivity index (χ1n) is 10.5. The Morgan fingerprint density at radius 1 is 0.967 bits per heavy atom. The molecule has 6 nitrogen and oxygen atoms in total. The van der Waals surface area contributed by atoms with Gasteiger partial charge in [0.25, 0.3) is 0 Å². The van der Waals surface area contributed by atoms with Crippen molar-refractivity contribution in [2.45, 2.75) is 51.3 Å². The lowest BCUT2D eigenvalue weighted by atomic mass is 9.86. The van der Waals surface area contributed by atoms with Crippen molar-refractivity contribution >= 4 is 17.7 Å². The lowest BCUT2D eigenvalue weighted by Crippen LogP contribution is -2.44. The Hall–Kier alpha value is -2.83. The second-order valence-electron chi connectivity index (χ2n) is 7.84. The predicted molar refractivity (Wildman–Crippen MR) is 111 cm³/mol. The number of likely N-dealkylation sites (tertiary alicyclic amines) is 1. The van der Waals surface area contributed by atoms with Gasteiger partial charge in [-0.1, -0.05) is 74.0 Å².